The Morgan fingerprint density at radius 1 is 1.06 bits per heavy atom. The van der Waals surface area contributed by atoms with Crippen molar-refractivity contribution in [3.63, 3.8) is 0 Å². The highest BCUT2D eigenvalue weighted by Gasteiger charge is 2.85. The molecule has 3 aromatic rings. The molecule has 1 spiro atoms. The van der Waals surface area contributed by atoms with Crippen molar-refractivity contribution in [1.29, 1.82) is 0 Å². The van der Waals surface area contributed by atoms with E-state index in [-0.39, 0.29) is 18.0 Å². The van der Waals surface area contributed by atoms with E-state index >= 15 is 0 Å². The monoisotopic (exact) mass is 489 g/mol. The summed E-state index contributed by atoms with van der Waals surface area (Å²) in [7, 11) is 0. The zero-order chi connectivity index (χ0) is 24.1. The molecule has 3 aromatic heterocycles. The zero-order valence-electron chi connectivity index (χ0n) is 18.7. The van der Waals surface area contributed by atoms with E-state index in [1.54, 1.807) is 15.6 Å². The predicted molar refractivity (Wildman–Crippen MR) is 116 cm³/mol. The third-order valence-electron chi connectivity index (χ3n) is 8.54. The van der Waals surface area contributed by atoms with Crippen molar-refractivity contribution >= 4 is 17.2 Å². The number of rotatable bonds is 4. The molecule has 7 rings (SSSR count). The molecule has 0 radical (unpaired) electrons. The first-order chi connectivity index (χ1) is 16.8. The number of hydrogen-bond acceptors (Lipinski definition) is 5. The standard InChI is InChI=1S/C23H23F4N7O/c24-21(25)33-9-14(7-29-33)13-6-17-19(28-12-30-32(17)8-13)31-10-15-2-3-16(11-31)34(15)20(35)18-22(4-1-5-22)23(18,26)27/h6-9,12,15-16,18,21H,1-5,10-11H2. The molecule has 2 aliphatic carbocycles. The summed E-state index contributed by atoms with van der Waals surface area (Å²) in [6.07, 6.45) is 9.02. The third-order valence-corrected chi connectivity index (χ3v) is 8.54. The van der Waals surface area contributed by atoms with Gasteiger partial charge in [0.15, 0.2) is 5.82 Å². The summed E-state index contributed by atoms with van der Waals surface area (Å²) in [5.74, 6) is -3.75. The lowest BCUT2D eigenvalue weighted by Crippen LogP contribution is -2.57. The van der Waals surface area contributed by atoms with Gasteiger partial charge in [0.2, 0.25) is 5.91 Å². The van der Waals surface area contributed by atoms with Crippen LogP contribution in [-0.4, -0.2) is 66.3 Å². The Labute approximate surface area is 197 Å². The van der Waals surface area contributed by atoms with Crippen molar-refractivity contribution in [2.24, 2.45) is 11.3 Å². The van der Waals surface area contributed by atoms with E-state index in [1.165, 1.54) is 18.7 Å². The second-order valence-corrected chi connectivity index (χ2v) is 10.2. The fraction of sp³-hybridized carbons (Fsp3) is 0.565. The number of aromatic nitrogens is 5. The van der Waals surface area contributed by atoms with Crippen molar-refractivity contribution in [3.8, 4) is 11.1 Å². The number of hydrogen-bond donors (Lipinski definition) is 0. The Hall–Kier alpha value is -3.18. The van der Waals surface area contributed by atoms with Gasteiger partial charge in [-0.3, -0.25) is 4.79 Å². The third kappa shape index (κ3) is 2.79. The number of nitrogens with zero attached hydrogens (tertiary/aromatic N) is 7. The van der Waals surface area contributed by atoms with E-state index in [2.05, 4.69) is 20.1 Å². The van der Waals surface area contributed by atoms with Crippen LogP contribution in [0.1, 0.15) is 38.7 Å². The topological polar surface area (TPSA) is 71.6 Å². The molecule has 35 heavy (non-hydrogen) atoms. The van der Waals surface area contributed by atoms with Crippen LogP contribution in [-0.2, 0) is 4.79 Å². The number of amides is 1. The van der Waals surface area contributed by atoms with Crippen LogP contribution in [0.3, 0.4) is 0 Å². The van der Waals surface area contributed by atoms with Crippen LogP contribution >= 0.6 is 0 Å². The lowest BCUT2D eigenvalue weighted by Gasteiger charge is -2.42. The summed E-state index contributed by atoms with van der Waals surface area (Å²) in [6.45, 7) is -1.71. The second kappa shape index (κ2) is 6.94. The minimum Gasteiger partial charge on any atom is -0.351 e. The van der Waals surface area contributed by atoms with Gasteiger partial charge < -0.3 is 9.80 Å². The molecule has 1 amide bonds. The maximum atomic E-state index is 14.6. The van der Waals surface area contributed by atoms with E-state index in [1.807, 2.05) is 6.07 Å². The molecule has 3 unspecified atom stereocenters. The maximum absolute atomic E-state index is 14.6. The number of fused-ring (bicyclic) bond motifs is 3. The summed E-state index contributed by atoms with van der Waals surface area (Å²) in [5, 5.41) is 7.95. The number of piperazine rings is 1. The Balaban J connectivity index is 1.15. The van der Waals surface area contributed by atoms with Crippen LogP contribution in [0, 0.1) is 11.3 Å². The summed E-state index contributed by atoms with van der Waals surface area (Å²) in [4.78, 5) is 21.6. The molecule has 3 atom stereocenters. The number of carbonyl (C=O) groups excluding carboxylic acids is 1. The van der Waals surface area contributed by atoms with Gasteiger partial charge in [-0.1, -0.05) is 6.42 Å². The van der Waals surface area contributed by atoms with Gasteiger partial charge in [0.1, 0.15) is 17.8 Å². The lowest BCUT2D eigenvalue weighted by molar-refractivity contribution is -0.138. The highest BCUT2D eigenvalue weighted by atomic mass is 19.3. The van der Waals surface area contributed by atoms with Crippen molar-refractivity contribution in [1.82, 2.24) is 29.3 Å². The number of alkyl halides is 4. The molecule has 0 aromatic carbocycles. The van der Waals surface area contributed by atoms with Crippen molar-refractivity contribution in [2.75, 3.05) is 18.0 Å². The normalized spacial score (nSPS) is 28.2. The number of anilines is 1. The van der Waals surface area contributed by atoms with Crippen molar-refractivity contribution < 1.29 is 22.4 Å². The van der Waals surface area contributed by atoms with Crippen molar-refractivity contribution in [3.05, 3.63) is 31.0 Å². The first-order valence-corrected chi connectivity index (χ1v) is 11.9. The van der Waals surface area contributed by atoms with Gasteiger partial charge in [-0.15, -0.1) is 0 Å². The Kier molecular flexibility index (Phi) is 4.19. The quantitative estimate of drug-likeness (QED) is 0.524. The highest BCUT2D eigenvalue weighted by molar-refractivity contribution is 5.87. The van der Waals surface area contributed by atoms with E-state index in [4.69, 9.17) is 0 Å². The lowest BCUT2D eigenvalue weighted by atomic mass is 9.79. The molecule has 5 heterocycles. The van der Waals surface area contributed by atoms with Crippen LogP contribution in [0.15, 0.2) is 31.0 Å². The van der Waals surface area contributed by atoms with Crippen LogP contribution < -0.4 is 4.90 Å². The Bertz CT molecular complexity index is 1320. The van der Waals surface area contributed by atoms with Crippen LogP contribution in [0.4, 0.5) is 23.4 Å². The zero-order valence-corrected chi connectivity index (χ0v) is 18.7. The summed E-state index contributed by atoms with van der Waals surface area (Å²) in [6, 6.07) is 1.55. The minimum atomic E-state index is -2.88. The molecule has 12 heteroatoms. The molecule has 184 valence electrons. The fourth-order valence-corrected chi connectivity index (χ4v) is 6.58. The van der Waals surface area contributed by atoms with Gasteiger partial charge >= 0.3 is 6.55 Å². The summed E-state index contributed by atoms with van der Waals surface area (Å²) >= 11 is 0. The molecular formula is C23H23F4N7O. The highest BCUT2D eigenvalue weighted by Crippen LogP contribution is 2.76. The summed E-state index contributed by atoms with van der Waals surface area (Å²) in [5.41, 5.74) is 0.832. The molecule has 8 nitrogen and oxygen atoms in total. The smallest absolute Gasteiger partial charge is 0.333 e. The molecule has 2 bridgehead atoms. The molecule has 4 fully saturated rings. The van der Waals surface area contributed by atoms with Gasteiger partial charge in [-0.05, 0) is 31.7 Å². The van der Waals surface area contributed by atoms with E-state index in [0.29, 0.717) is 53.1 Å². The molecule has 2 aliphatic heterocycles. The van der Waals surface area contributed by atoms with E-state index in [0.717, 1.165) is 19.3 Å². The average Bonchev–Trinajstić information content (AvgIpc) is 3.27. The Morgan fingerprint density at radius 3 is 2.40 bits per heavy atom. The Morgan fingerprint density at radius 2 is 1.80 bits per heavy atom. The minimum absolute atomic E-state index is 0.136. The van der Waals surface area contributed by atoms with Gasteiger partial charge in [0, 0.05) is 48.7 Å². The van der Waals surface area contributed by atoms with Crippen LogP contribution in [0.2, 0.25) is 0 Å². The van der Waals surface area contributed by atoms with Crippen LogP contribution in [0.5, 0.6) is 0 Å². The van der Waals surface area contributed by atoms with Gasteiger partial charge in [0.05, 0.1) is 11.6 Å². The molecule has 4 aliphatic rings. The van der Waals surface area contributed by atoms with E-state index in [9.17, 15) is 22.4 Å². The van der Waals surface area contributed by atoms with Crippen molar-refractivity contribution in [2.45, 2.75) is 56.7 Å². The SMILES string of the molecule is O=C(C1C(F)(F)C12CCC2)N1C2CCC1CN(c1ncnn3cc(-c4cnn(C(F)F)c4)cc13)C2. The van der Waals surface area contributed by atoms with Gasteiger partial charge in [0.25, 0.3) is 5.92 Å². The van der Waals surface area contributed by atoms with Crippen LogP contribution in [0.25, 0.3) is 16.6 Å². The second-order valence-electron chi connectivity index (χ2n) is 10.2. The summed E-state index contributed by atoms with van der Waals surface area (Å²) < 4.78 is 57.2. The van der Waals surface area contributed by atoms with Gasteiger partial charge in [-0.2, -0.15) is 19.0 Å². The number of halogens is 4. The first kappa shape index (κ1) is 21.1. The van der Waals surface area contributed by atoms with E-state index < -0.39 is 23.8 Å². The largest absolute Gasteiger partial charge is 0.351 e. The molecule has 0 N–H and O–H groups in total. The molecule has 2 saturated heterocycles. The average molecular weight is 489 g/mol. The number of carbonyl (C=O) groups is 1. The predicted octanol–water partition coefficient (Wildman–Crippen LogP) is 3.60. The fourth-order valence-electron chi connectivity index (χ4n) is 6.58. The van der Waals surface area contributed by atoms with Gasteiger partial charge in [-0.25, -0.2) is 23.0 Å². The molecule has 2 saturated carbocycles. The first-order valence-electron chi connectivity index (χ1n) is 11.9. The maximum Gasteiger partial charge on any atom is 0.333 e. The molecular weight excluding hydrogens is 466 g/mol.